The number of hydrogen-bond acceptors (Lipinski definition) is 4. The van der Waals surface area contributed by atoms with Gasteiger partial charge in [0, 0.05) is 17.9 Å². The van der Waals surface area contributed by atoms with Crippen LogP contribution in [-0.2, 0) is 20.7 Å². The fraction of sp³-hybridized carbons (Fsp3) is 0.480. The first-order chi connectivity index (χ1) is 14.3. The molecule has 0 saturated carbocycles. The van der Waals surface area contributed by atoms with Crippen molar-refractivity contribution in [2.24, 2.45) is 11.8 Å². The SMILES string of the molecule is CCOc1ccc(Cc2cc(C3OC(C)C(C)C(C)C3OC(C)=O)ccc2Cl)cc1. The van der Waals surface area contributed by atoms with Crippen molar-refractivity contribution in [3.05, 3.63) is 64.2 Å². The van der Waals surface area contributed by atoms with Gasteiger partial charge in [-0.05, 0) is 61.1 Å². The van der Waals surface area contributed by atoms with Gasteiger partial charge in [-0.3, -0.25) is 4.79 Å². The highest BCUT2D eigenvalue weighted by atomic mass is 35.5. The third kappa shape index (κ3) is 5.16. The lowest BCUT2D eigenvalue weighted by Gasteiger charge is -2.43. The Morgan fingerprint density at radius 1 is 1.07 bits per heavy atom. The van der Waals surface area contributed by atoms with E-state index in [-0.39, 0.29) is 30.2 Å². The second-order valence-electron chi connectivity index (χ2n) is 8.16. The average Bonchev–Trinajstić information content (AvgIpc) is 2.71. The van der Waals surface area contributed by atoms with Crippen molar-refractivity contribution >= 4 is 17.6 Å². The van der Waals surface area contributed by atoms with E-state index in [4.69, 9.17) is 25.8 Å². The Balaban J connectivity index is 1.87. The molecule has 0 N–H and O–H groups in total. The van der Waals surface area contributed by atoms with Crippen LogP contribution in [0.4, 0.5) is 0 Å². The quantitative estimate of drug-likeness (QED) is 0.527. The molecule has 0 amide bonds. The second kappa shape index (κ2) is 9.84. The van der Waals surface area contributed by atoms with Crippen LogP contribution in [0.5, 0.6) is 5.75 Å². The molecule has 1 saturated heterocycles. The van der Waals surface area contributed by atoms with Gasteiger partial charge in [0.1, 0.15) is 18.0 Å². The van der Waals surface area contributed by atoms with Crippen molar-refractivity contribution in [1.29, 1.82) is 0 Å². The Kier molecular flexibility index (Phi) is 7.43. The predicted molar refractivity (Wildman–Crippen MR) is 119 cm³/mol. The van der Waals surface area contributed by atoms with Crippen molar-refractivity contribution in [2.45, 2.75) is 59.4 Å². The van der Waals surface area contributed by atoms with E-state index < -0.39 is 0 Å². The Morgan fingerprint density at radius 3 is 2.40 bits per heavy atom. The van der Waals surface area contributed by atoms with Gasteiger partial charge >= 0.3 is 5.97 Å². The van der Waals surface area contributed by atoms with Crippen molar-refractivity contribution in [3.63, 3.8) is 0 Å². The number of halogens is 1. The maximum Gasteiger partial charge on any atom is 0.303 e. The number of carbonyl (C=O) groups is 1. The van der Waals surface area contributed by atoms with Gasteiger partial charge in [-0.1, -0.05) is 49.7 Å². The highest BCUT2D eigenvalue weighted by molar-refractivity contribution is 6.31. The molecule has 4 nitrogen and oxygen atoms in total. The Hall–Kier alpha value is -2.04. The van der Waals surface area contributed by atoms with E-state index >= 15 is 0 Å². The number of esters is 1. The number of benzene rings is 2. The fourth-order valence-electron chi connectivity index (χ4n) is 4.06. The second-order valence-corrected chi connectivity index (χ2v) is 8.57. The molecule has 1 fully saturated rings. The third-order valence-corrected chi connectivity index (χ3v) is 6.45. The summed E-state index contributed by atoms with van der Waals surface area (Å²) in [5.41, 5.74) is 3.15. The van der Waals surface area contributed by atoms with E-state index in [9.17, 15) is 4.79 Å². The van der Waals surface area contributed by atoms with E-state index in [0.717, 1.165) is 22.4 Å². The van der Waals surface area contributed by atoms with Crippen LogP contribution in [0.15, 0.2) is 42.5 Å². The van der Waals surface area contributed by atoms with Gasteiger partial charge in [-0.15, -0.1) is 0 Å². The summed E-state index contributed by atoms with van der Waals surface area (Å²) in [7, 11) is 0. The zero-order chi connectivity index (χ0) is 21.8. The maximum absolute atomic E-state index is 11.7. The minimum atomic E-state index is -0.326. The first kappa shape index (κ1) is 22.6. The van der Waals surface area contributed by atoms with E-state index in [1.54, 1.807) is 0 Å². The number of carbonyl (C=O) groups excluding carboxylic acids is 1. The first-order valence-electron chi connectivity index (χ1n) is 10.6. The molecule has 1 heterocycles. The molecule has 5 atom stereocenters. The van der Waals surface area contributed by atoms with E-state index in [0.29, 0.717) is 24.0 Å². The third-order valence-electron chi connectivity index (χ3n) is 6.08. The Labute approximate surface area is 184 Å². The Morgan fingerprint density at radius 2 is 1.77 bits per heavy atom. The van der Waals surface area contributed by atoms with Crippen molar-refractivity contribution in [3.8, 4) is 5.75 Å². The van der Waals surface area contributed by atoms with Crippen LogP contribution in [0.2, 0.25) is 5.02 Å². The molecule has 1 aliphatic heterocycles. The molecule has 0 bridgehead atoms. The van der Waals surface area contributed by atoms with Gasteiger partial charge in [-0.25, -0.2) is 0 Å². The molecule has 30 heavy (non-hydrogen) atoms. The van der Waals surface area contributed by atoms with Crippen LogP contribution in [0.3, 0.4) is 0 Å². The zero-order valence-corrected chi connectivity index (χ0v) is 19.1. The lowest BCUT2D eigenvalue weighted by atomic mass is 9.80. The Bertz CT molecular complexity index is 864. The first-order valence-corrected chi connectivity index (χ1v) is 11.0. The molecule has 162 valence electrons. The molecule has 3 rings (SSSR count). The monoisotopic (exact) mass is 430 g/mol. The lowest BCUT2D eigenvalue weighted by Crippen LogP contribution is -2.45. The summed E-state index contributed by atoms with van der Waals surface area (Å²) in [6.07, 6.45) is 0.132. The smallest absolute Gasteiger partial charge is 0.303 e. The standard InChI is InChI=1S/C25H31ClO4/c1-6-28-22-10-7-19(8-11-22)13-21-14-20(9-12-23(21)26)25-24(30-18(5)27)16(3)15(2)17(4)29-25/h7-12,14-17,24-25H,6,13H2,1-5H3. The minimum Gasteiger partial charge on any atom is -0.494 e. The molecule has 0 aliphatic carbocycles. The van der Waals surface area contributed by atoms with Gasteiger partial charge in [0.05, 0.1) is 12.7 Å². The molecule has 2 aromatic carbocycles. The van der Waals surface area contributed by atoms with Gasteiger partial charge in [0.25, 0.3) is 0 Å². The van der Waals surface area contributed by atoms with Gasteiger partial charge < -0.3 is 14.2 Å². The summed E-state index contributed by atoms with van der Waals surface area (Å²) < 4.78 is 17.5. The maximum atomic E-state index is 11.7. The van der Waals surface area contributed by atoms with Crippen LogP contribution in [-0.4, -0.2) is 24.8 Å². The van der Waals surface area contributed by atoms with Crippen molar-refractivity contribution < 1.29 is 19.0 Å². The van der Waals surface area contributed by atoms with Gasteiger partial charge in [-0.2, -0.15) is 0 Å². The van der Waals surface area contributed by atoms with Crippen LogP contribution in [0.25, 0.3) is 0 Å². The number of hydrogen-bond donors (Lipinski definition) is 0. The predicted octanol–water partition coefficient (Wildman–Crippen LogP) is 5.99. The number of rotatable bonds is 6. The van der Waals surface area contributed by atoms with Crippen molar-refractivity contribution in [1.82, 2.24) is 0 Å². The fourth-order valence-corrected chi connectivity index (χ4v) is 4.25. The number of ether oxygens (including phenoxy) is 3. The average molecular weight is 431 g/mol. The molecule has 5 heteroatoms. The summed E-state index contributed by atoms with van der Waals surface area (Å²) in [6.45, 7) is 10.4. The molecular formula is C25H31ClO4. The van der Waals surface area contributed by atoms with E-state index in [1.165, 1.54) is 6.92 Å². The summed E-state index contributed by atoms with van der Waals surface area (Å²) in [5.74, 6) is 1.05. The van der Waals surface area contributed by atoms with E-state index in [2.05, 4.69) is 39.0 Å². The molecule has 5 unspecified atom stereocenters. The van der Waals surface area contributed by atoms with Crippen molar-refractivity contribution in [2.75, 3.05) is 6.61 Å². The van der Waals surface area contributed by atoms with Crippen LogP contribution in [0, 0.1) is 11.8 Å². The lowest BCUT2D eigenvalue weighted by molar-refractivity contribution is -0.193. The molecule has 0 spiro atoms. The normalized spacial score (nSPS) is 26.3. The largest absolute Gasteiger partial charge is 0.494 e. The highest BCUT2D eigenvalue weighted by Crippen LogP contribution is 2.41. The van der Waals surface area contributed by atoms with Crippen LogP contribution in [0.1, 0.15) is 57.4 Å². The van der Waals surface area contributed by atoms with E-state index in [1.807, 2.05) is 31.2 Å². The van der Waals surface area contributed by atoms with Crippen LogP contribution >= 0.6 is 11.6 Å². The molecule has 2 aromatic rings. The van der Waals surface area contributed by atoms with Gasteiger partial charge in [0.15, 0.2) is 0 Å². The molecule has 0 aromatic heterocycles. The molecule has 0 radical (unpaired) electrons. The topological polar surface area (TPSA) is 44.8 Å². The summed E-state index contributed by atoms with van der Waals surface area (Å²) in [5, 5.41) is 0.710. The minimum absolute atomic E-state index is 0.0713. The van der Waals surface area contributed by atoms with Crippen LogP contribution < -0.4 is 4.74 Å². The highest BCUT2D eigenvalue weighted by Gasteiger charge is 2.42. The van der Waals surface area contributed by atoms with Gasteiger partial charge in [0.2, 0.25) is 0 Å². The summed E-state index contributed by atoms with van der Waals surface area (Å²) in [4.78, 5) is 11.7. The molecule has 1 aliphatic rings. The summed E-state index contributed by atoms with van der Waals surface area (Å²) in [6, 6.07) is 14.0. The molecular weight excluding hydrogens is 400 g/mol. The zero-order valence-electron chi connectivity index (χ0n) is 18.4. The summed E-state index contributed by atoms with van der Waals surface area (Å²) >= 11 is 6.52.